The summed E-state index contributed by atoms with van der Waals surface area (Å²) in [7, 11) is 3.75. The number of aliphatic hydroxyl groups excluding tert-OH is 1. The van der Waals surface area contributed by atoms with Crippen LogP contribution in [0.15, 0.2) is 30.6 Å². The van der Waals surface area contributed by atoms with Gasteiger partial charge in [-0.2, -0.15) is 5.10 Å². The Labute approximate surface area is 140 Å². The Morgan fingerprint density at radius 2 is 2.17 bits per heavy atom. The molecule has 0 bridgehead atoms. The molecule has 1 unspecified atom stereocenters. The van der Waals surface area contributed by atoms with Crippen molar-refractivity contribution in [2.24, 2.45) is 0 Å². The van der Waals surface area contributed by atoms with E-state index >= 15 is 0 Å². The lowest BCUT2D eigenvalue weighted by atomic mass is 10.2. The molecule has 8 heteroatoms. The number of benzene rings is 1. The lowest BCUT2D eigenvalue weighted by Gasteiger charge is -2.15. The molecule has 24 heavy (non-hydrogen) atoms. The molecule has 0 radical (unpaired) electrons. The largest absolute Gasteiger partial charge is 0.390 e. The van der Waals surface area contributed by atoms with Gasteiger partial charge in [-0.3, -0.25) is 4.68 Å². The lowest BCUT2D eigenvalue weighted by molar-refractivity contribution is 0.116. The smallest absolute Gasteiger partial charge is 0.323 e. The molecular formula is C16H22FN5O2. The Kier molecular flexibility index (Phi) is 5.88. The second kappa shape index (κ2) is 7.89. The van der Waals surface area contributed by atoms with Crippen molar-refractivity contribution in [2.75, 3.05) is 31.3 Å². The van der Waals surface area contributed by atoms with Crippen LogP contribution >= 0.6 is 0 Å². The molecule has 1 aromatic heterocycles. The number of nitrogens with zero attached hydrogens (tertiary/aromatic N) is 3. The van der Waals surface area contributed by atoms with E-state index < -0.39 is 18.0 Å². The molecule has 0 aliphatic rings. The summed E-state index contributed by atoms with van der Waals surface area (Å²) >= 11 is 0. The Hall–Kier alpha value is -2.45. The van der Waals surface area contributed by atoms with Crippen LogP contribution in [0.4, 0.5) is 20.6 Å². The highest BCUT2D eigenvalue weighted by molar-refractivity contribution is 6.00. The Morgan fingerprint density at radius 1 is 1.42 bits per heavy atom. The summed E-state index contributed by atoms with van der Waals surface area (Å²) in [5.74, 6) is -0.418. The molecule has 2 amide bonds. The fraction of sp³-hybridized carbons (Fsp3) is 0.375. The van der Waals surface area contributed by atoms with Crippen LogP contribution in [-0.4, -0.2) is 52.6 Å². The maximum absolute atomic E-state index is 13.2. The van der Waals surface area contributed by atoms with Gasteiger partial charge in [0.2, 0.25) is 0 Å². The second-order valence-electron chi connectivity index (χ2n) is 5.91. The van der Waals surface area contributed by atoms with E-state index in [9.17, 15) is 14.3 Å². The van der Waals surface area contributed by atoms with Crippen molar-refractivity contribution in [3.8, 4) is 0 Å². The van der Waals surface area contributed by atoms with Gasteiger partial charge in [0.1, 0.15) is 5.82 Å². The van der Waals surface area contributed by atoms with Crippen molar-refractivity contribution in [3.05, 3.63) is 42.0 Å². The first-order chi connectivity index (χ1) is 11.3. The summed E-state index contributed by atoms with van der Waals surface area (Å²) in [5, 5.41) is 19.2. The minimum absolute atomic E-state index is 0.324. The summed E-state index contributed by atoms with van der Waals surface area (Å²) in [6.07, 6.45) is 2.55. The number of amides is 2. The standard InChI is InChI=1S/C16H22FN5O2/c1-11-4-5-12(17)6-15(11)20-16(24)19-13-7-18-22(8-13)10-14(23)9-21(2)3/h4-8,14,23H,9-10H2,1-3H3,(H2,19,20,24). The van der Waals surface area contributed by atoms with E-state index in [1.807, 2.05) is 19.0 Å². The van der Waals surface area contributed by atoms with Crippen LogP contribution in [0.2, 0.25) is 0 Å². The number of halogens is 1. The maximum atomic E-state index is 13.2. The molecule has 3 N–H and O–H groups in total. The molecule has 1 aromatic carbocycles. The van der Waals surface area contributed by atoms with Crippen molar-refractivity contribution in [1.82, 2.24) is 14.7 Å². The Bertz CT molecular complexity index is 702. The number of likely N-dealkylation sites (N-methyl/N-ethyl adjacent to an activating group) is 1. The number of nitrogens with one attached hydrogen (secondary N) is 2. The van der Waals surface area contributed by atoms with Crippen molar-refractivity contribution in [2.45, 2.75) is 19.6 Å². The number of anilines is 2. The molecule has 0 saturated heterocycles. The average Bonchev–Trinajstić information content (AvgIpc) is 2.88. The summed E-state index contributed by atoms with van der Waals surface area (Å²) in [5.41, 5.74) is 1.65. The quantitative estimate of drug-likeness (QED) is 0.753. The minimum Gasteiger partial charge on any atom is -0.390 e. The first-order valence-corrected chi connectivity index (χ1v) is 7.53. The van der Waals surface area contributed by atoms with Crippen LogP contribution in [-0.2, 0) is 6.54 Å². The SMILES string of the molecule is Cc1ccc(F)cc1NC(=O)Nc1cnn(CC(O)CN(C)C)c1. The summed E-state index contributed by atoms with van der Waals surface area (Å²) in [6, 6.07) is 3.70. The van der Waals surface area contributed by atoms with Crippen LogP contribution in [0.5, 0.6) is 0 Å². The van der Waals surface area contributed by atoms with Gasteiger partial charge in [0, 0.05) is 18.4 Å². The van der Waals surface area contributed by atoms with Gasteiger partial charge in [0.05, 0.1) is 24.5 Å². The number of hydrogen-bond acceptors (Lipinski definition) is 4. The van der Waals surface area contributed by atoms with Crippen molar-refractivity contribution < 1.29 is 14.3 Å². The van der Waals surface area contributed by atoms with E-state index in [0.29, 0.717) is 24.5 Å². The monoisotopic (exact) mass is 335 g/mol. The molecule has 0 aliphatic heterocycles. The second-order valence-corrected chi connectivity index (χ2v) is 5.91. The molecule has 0 saturated carbocycles. The van der Waals surface area contributed by atoms with E-state index in [-0.39, 0.29) is 0 Å². The minimum atomic E-state index is -0.559. The van der Waals surface area contributed by atoms with Gasteiger partial charge in [-0.25, -0.2) is 9.18 Å². The van der Waals surface area contributed by atoms with Gasteiger partial charge in [-0.15, -0.1) is 0 Å². The van der Waals surface area contributed by atoms with Crippen LogP contribution in [0.25, 0.3) is 0 Å². The van der Waals surface area contributed by atoms with Gasteiger partial charge < -0.3 is 20.6 Å². The molecule has 2 rings (SSSR count). The average molecular weight is 335 g/mol. The van der Waals surface area contributed by atoms with E-state index in [1.54, 1.807) is 23.9 Å². The lowest BCUT2D eigenvalue weighted by Crippen LogP contribution is -2.29. The van der Waals surface area contributed by atoms with E-state index in [2.05, 4.69) is 15.7 Å². The van der Waals surface area contributed by atoms with Crippen LogP contribution in [0.1, 0.15) is 5.56 Å². The predicted molar refractivity (Wildman–Crippen MR) is 90.6 cm³/mol. The maximum Gasteiger partial charge on any atom is 0.323 e. The Balaban J connectivity index is 1.92. The molecule has 130 valence electrons. The predicted octanol–water partition coefficient (Wildman–Crippen LogP) is 1.90. The molecule has 1 heterocycles. The van der Waals surface area contributed by atoms with E-state index in [1.165, 1.54) is 18.3 Å². The number of carbonyl (C=O) groups is 1. The normalized spacial score (nSPS) is 12.2. The summed E-state index contributed by atoms with van der Waals surface area (Å²) in [4.78, 5) is 13.9. The van der Waals surface area contributed by atoms with Gasteiger partial charge in [-0.1, -0.05) is 6.07 Å². The number of aromatic nitrogens is 2. The number of hydrogen-bond donors (Lipinski definition) is 3. The third-order valence-electron chi connectivity index (χ3n) is 3.31. The van der Waals surface area contributed by atoms with Crippen molar-refractivity contribution in [3.63, 3.8) is 0 Å². The van der Waals surface area contributed by atoms with E-state index in [0.717, 1.165) is 5.56 Å². The fourth-order valence-corrected chi connectivity index (χ4v) is 2.24. The number of carbonyl (C=O) groups excluding carboxylic acids is 1. The highest BCUT2D eigenvalue weighted by Gasteiger charge is 2.10. The number of aliphatic hydroxyl groups is 1. The molecular weight excluding hydrogens is 313 g/mol. The first kappa shape index (κ1) is 17.9. The van der Waals surface area contributed by atoms with Gasteiger partial charge in [-0.05, 0) is 38.7 Å². The zero-order valence-electron chi connectivity index (χ0n) is 14.0. The molecule has 0 fully saturated rings. The third kappa shape index (κ3) is 5.32. The molecule has 0 aliphatic carbocycles. The van der Waals surface area contributed by atoms with Gasteiger partial charge in [0.25, 0.3) is 0 Å². The first-order valence-electron chi connectivity index (χ1n) is 7.53. The third-order valence-corrected chi connectivity index (χ3v) is 3.31. The molecule has 1 atom stereocenters. The molecule has 0 spiro atoms. The Morgan fingerprint density at radius 3 is 2.88 bits per heavy atom. The van der Waals surface area contributed by atoms with Crippen molar-refractivity contribution >= 4 is 17.4 Å². The highest BCUT2D eigenvalue weighted by Crippen LogP contribution is 2.16. The van der Waals surface area contributed by atoms with Crippen LogP contribution in [0.3, 0.4) is 0 Å². The summed E-state index contributed by atoms with van der Waals surface area (Å²) < 4.78 is 14.8. The highest BCUT2D eigenvalue weighted by atomic mass is 19.1. The molecule has 2 aromatic rings. The van der Waals surface area contributed by atoms with Gasteiger partial charge >= 0.3 is 6.03 Å². The van der Waals surface area contributed by atoms with Gasteiger partial charge in [0.15, 0.2) is 0 Å². The number of urea groups is 1. The summed E-state index contributed by atoms with van der Waals surface area (Å²) in [6.45, 7) is 2.62. The van der Waals surface area contributed by atoms with Crippen LogP contribution < -0.4 is 10.6 Å². The topological polar surface area (TPSA) is 82.4 Å². The van der Waals surface area contributed by atoms with Crippen molar-refractivity contribution in [1.29, 1.82) is 0 Å². The van der Waals surface area contributed by atoms with Crippen LogP contribution in [0, 0.1) is 12.7 Å². The molecule has 7 nitrogen and oxygen atoms in total. The fourth-order valence-electron chi connectivity index (χ4n) is 2.24. The zero-order chi connectivity index (χ0) is 17.7. The van der Waals surface area contributed by atoms with E-state index in [4.69, 9.17) is 0 Å². The number of rotatable bonds is 6. The number of aryl methyl sites for hydroxylation is 1. The zero-order valence-corrected chi connectivity index (χ0v) is 14.0.